The van der Waals surface area contributed by atoms with Crippen LogP contribution in [-0.4, -0.2) is 46.7 Å². The molecule has 2 rings (SSSR count). The van der Waals surface area contributed by atoms with Crippen molar-refractivity contribution in [2.24, 2.45) is 0 Å². The van der Waals surface area contributed by atoms with E-state index in [-0.39, 0.29) is 11.1 Å². The van der Waals surface area contributed by atoms with Crippen LogP contribution < -0.4 is 5.32 Å². The summed E-state index contributed by atoms with van der Waals surface area (Å²) in [6.07, 6.45) is 2.90. The number of halogens is 2. The van der Waals surface area contributed by atoms with Gasteiger partial charge in [-0.15, -0.1) is 0 Å². The van der Waals surface area contributed by atoms with Crippen LogP contribution in [0.2, 0.25) is 0 Å². The Labute approximate surface area is 148 Å². The zero-order chi connectivity index (χ0) is 18.7. The number of carbonyl (C=O) groups is 1. The Morgan fingerprint density at radius 1 is 1.16 bits per heavy atom. The fourth-order valence-electron chi connectivity index (χ4n) is 3.74. The van der Waals surface area contributed by atoms with Crippen LogP contribution >= 0.6 is 0 Å². The number of hydrogen-bond acceptors (Lipinski definition) is 3. The van der Waals surface area contributed by atoms with Crippen LogP contribution in [0.15, 0.2) is 18.2 Å². The molecule has 6 heteroatoms. The number of nitrogens with zero attached hydrogens (tertiary/aromatic N) is 1. The van der Waals surface area contributed by atoms with Gasteiger partial charge in [-0.1, -0.05) is 13.8 Å². The highest BCUT2D eigenvalue weighted by molar-refractivity contribution is 5.94. The summed E-state index contributed by atoms with van der Waals surface area (Å²) < 4.78 is 26.4. The van der Waals surface area contributed by atoms with Gasteiger partial charge in [0.2, 0.25) is 0 Å². The van der Waals surface area contributed by atoms with Crippen molar-refractivity contribution >= 4 is 5.91 Å². The van der Waals surface area contributed by atoms with E-state index < -0.39 is 23.1 Å². The molecule has 1 amide bonds. The van der Waals surface area contributed by atoms with E-state index >= 15 is 0 Å². The van der Waals surface area contributed by atoms with Gasteiger partial charge >= 0.3 is 0 Å². The second-order valence-electron chi connectivity index (χ2n) is 7.21. The number of benzene rings is 1. The number of aliphatic hydroxyl groups is 1. The molecule has 2 N–H and O–H groups in total. The van der Waals surface area contributed by atoms with Crippen LogP contribution in [-0.2, 0) is 0 Å². The average molecular weight is 354 g/mol. The molecule has 1 aliphatic rings. The van der Waals surface area contributed by atoms with Gasteiger partial charge in [0.1, 0.15) is 0 Å². The van der Waals surface area contributed by atoms with E-state index in [1.54, 1.807) is 0 Å². The summed E-state index contributed by atoms with van der Waals surface area (Å²) in [6, 6.07) is 3.16. The first-order valence-electron chi connectivity index (χ1n) is 8.94. The summed E-state index contributed by atoms with van der Waals surface area (Å²) in [4.78, 5) is 14.7. The number of carbonyl (C=O) groups excluding carboxylic acids is 1. The minimum Gasteiger partial charge on any atom is -0.390 e. The van der Waals surface area contributed by atoms with Crippen molar-refractivity contribution in [3.63, 3.8) is 0 Å². The molecule has 1 saturated carbocycles. The molecule has 0 spiro atoms. The highest BCUT2D eigenvalue weighted by Crippen LogP contribution is 2.38. The fourth-order valence-corrected chi connectivity index (χ4v) is 3.74. The third-order valence-corrected chi connectivity index (χ3v) is 5.45. The van der Waals surface area contributed by atoms with Gasteiger partial charge in [0.05, 0.1) is 5.60 Å². The van der Waals surface area contributed by atoms with Gasteiger partial charge in [0, 0.05) is 17.6 Å². The molecule has 1 aromatic carbocycles. The lowest BCUT2D eigenvalue weighted by molar-refractivity contribution is -0.0411. The number of hydrogen-bond donors (Lipinski definition) is 2. The van der Waals surface area contributed by atoms with Crippen molar-refractivity contribution < 1.29 is 18.7 Å². The summed E-state index contributed by atoms with van der Waals surface area (Å²) in [5.74, 6) is -2.41. The van der Waals surface area contributed by atoms with Crippen LogP contribution in [0, 0.1) is 11.6 Å². The molecule has 0 bridgehead atoms. The van der Waals surface area contributed by atoms with E-state index in [1.165, 1.54) is 6.07 Å². The third-order valence-electron chi connectivity index (χ3n) is 5.45. The molecule has 0 unspecified atom stereocenters. The van der Waals surface area contributed by atoms with Gasteiger partial charge in [0.15, 0.2) is 11.6 Å². The van der Waals surface area contributed by atoms with Gasteiger partial charge in [-0.05, 0) is 63.9 Å². The molecule has 0 radical (unpaired) electrons. The molecule has 4 nitrogen and oxygen atoms in total. The largest absolute Gasteiger partial charge is 0.390 e. The van der Waals surface area contributed by atoms with Crippen LogP contribution in [0.25, 0.3) is 0 Å². The Bertz CT molecular complexity index is 605. The van der Waals surface area contributed by atoms with E-state index in [0.717, 1.165) is 38.1 Å². The zero-order valence-corrected chi connectivity index (χ0v) is 15.2. The van der Waals surface area contributed by atoms with E-state index in [9.17, 15) is 18.7 Å². The summed E-state index contributed by atoms with van der Waals surface area (Å²) in [7, 11) is 0. The Hall–Kier alpha value is -1.53. The quantitative estimate of drug-likeness (QED) is 0.825. The zero-order valence-electron chi connectivity index (χ0n) is 15.2. The predicted molar refractivity (Wildman–Crippen MR) is 93.4 cm³/mol. The predicted octanol–water partition coefficient (Wildman–Crippen LogP) is 3.10. The number of amides is 1. The third kappa shape index (κ3) is 4.55. The first kappa shape index (κ1) is 19.8. The maximum atomic E-state index is 13.3. The van der Waals surface area contributed by atoms with Crippen molar-refractivity contribution in [3.05, 3.63) is 35.4 Å². The standard InChI is InChI=1S/C19H28F2N2O2/c1-4-23(5-2)19(10-8-18(3,25)9-11-19)13-22-17(24)14-6-7-15(20)16(21)12-14/h6-7,12,25H,4-5,8-11,13H2,1-3H3,(H,22,24). The normalized spacial score (nSPS) is 26.7. The molecule has 0 aromatic heterocycles. The summed E-state index contributed by atoms with van der Waals surface area (Å²) in [5, 5.41) is 13.1. The highest BCUT2D eigenvalue weighted by atomic mass is 19.2. The lowest BCUT2D eigenvalue weighted by atomic mass is 9.73. The maximum Gasteiger partial charge on any atom is 0.251 e. The molecular formula is C19H28F2N2O2. The monoisotopic (exact) mass is 354 g/mol. The lowest BCUT2D eigenvalue weighted by Crippen LogP contribution is -2.59. The smallest absolute Gasteiger partial charge is 0.251 e. The van der Waals surface area contributed by atoms with Crippen molar-refractivity contribution in [2.45, 2.75) is 57.6 Å². The van der Waals surface area contributed by atoms with Gasteiger partial charge in [-0.2, -0.15) is 0 Å². The topological polar surface area (TPSA) is 52.6 Å². The van der Waals surface area contributed by atoms with Gasteiger partial charge < -0.3 is 10.4 Å². The van der Waals surface area contributed by atoms with Crippen LogP contribution in [0.5, 0.6) is 0 Å². The number of rotatable bonds is 6. The van der Waals surface area contributed by atoms with Crippen molar-refractivity contribution in [1.29, 1.82) is 0 Å². The molecule has 0 aliphatic heterocycles. The first-order chi connectivity index (χ1) is 11.7. The van der Waals surface area contributed by atoms with Crippen LogP contribution in [0.4, 0.5) is 8.78 Å². The number of likely N-dealkylation sites (N-methyl/N-ethyl adjacent to an activating group) is 1. The van der Waals surface area contributed by atoms with Gasteiger partial charge in [-0.25, -0.2) is 8.78 Å². The maximum absolute atomic E-state index is 13.3. The van der Waals surface area contributed by atoms with Gasteiger partial charge in [-0.3, -0.25) is 9.69 Å². The molecular weight excluding hydrogens is 326 g/mol. The minimum atomic E-state index is -1.03. The molecule has 25 heavy (non-hydrogen) atoms. The summed E-state index contributed by atoms with van der Waals surface area (Å²) in [6.45, 7) is 8.12. The first-order valence-corrected chi connectivity index (χ1v) is 8.94. The molecule has 0 saturated heterocycles. The van der Waals surface area contributed by atoms with Crippen LogP contribution in [0.1, 0.15) is 56.8 Å². The summed E-state index contributed by atoms with van der Waals surface area (Å²) in [5.41, 5.74) is -0.780. The van der Waals surface area contributed by atoms with Crippen molar-refractivity contribution in [2.75, 3.05) is 19.6 Å². The second kappa shape index (κ2) is 7.79. The van der Waals surface area contributed by atoms with Crippen molar-refractivity contribution in [1.82, 2.24) is 10.2 Å². The van der Waals surface area contributed by atoms with E-state index in [2.05, 4.69) is 24.1 Å². The van der Waals surface area contributed by atoms with E-state index in [1.807, 2.05) is 6.92 Å². The molecule has 0 heterocycles. The average Bonchev–Trinajstić information content (AvgIpc) is 2.58. The Morgan fingerprint density at radius 2 is 1.76 bits per heavy atom. The Balaban J connectivity index is 2.11. The molecule has 0 atom stereocenters. The fraction of sp³-hybridized carbons (Fsp3) is 0.632. The summed E-state index contributed by atoms with van der Waals surface area (Å²) >= 11 is 0. The molecule has 1 aromatic rings. The Morgan fingerprint density at radius 3 is 2.28 bits per heavy atom. The lowest BCUT2D eigenvalue weighted by Gasteiger charge is -2.49. The molecule has 1 fully saturated rings. The second-order valence-corrected chi connectivity index (χ2v) is 7.21. The van der Waals surface area contributed by atoms with E-state index in [4.69, 9.17) is 0 Å². The SMILES string of the molecule is CCN(CC)C1(CNC(=O)c2ccc(F)c(F)c2)CCC(C)(O)CC1. The Kier molecular flexibility index (Phi) is 6.16. The molecule has 1 aliphatic carbocycles. The van der Waals surface area contributed by atoms with Crippen molar-refractivity contribution in [3.8, 4) is 0 Å². The van der Waals surface area contributed by atoms with E-state index in [0.29, 0.717) is 19.4 Å². The molecule has 140 valence electrons. The highest BCUT2D eigenvalue weighted by Gasteiger charge is 2.42. The van der Waals surface area contributed by atoms with Crippen LogP contribution in [0.3, 0.4) is 0 Å². The number of nitrogens with one attached hydrogen (secondary N) is 1. The minimum absolute atomic E-state index is 0.108. The van der Waals surface area contributed by atoms with Gasteiger partial charge in [0.25, 0.3) is 5.91 Å².